The molecule has 0 N–H and O–H groups in total. The lowest BCUT2D eigenvalue weighted by Gasteiger charge is -2.40. The van der Waals surface area contributed by atoms with Gasteiger partial charge in [-0.25, -0.2) is 0 Å². The summed E-state index contributed by atoms with van der Waals surface area (Å²) in [5, 5.41) is 0. The molecule has 5 rings (SSSR count). The van der Waals surface area contributed by atoms with Crippen molar-refractivity contribution in [3.63, 3.8) is 0 Å². The number of hydrogen-bond acceptors (Lipinski definition) is 0. The molecule has 202 valence electrons. The molecule has 0 radical (unpaired) electrons. The maximum atomic E-state index is 4.00. The highest BCUT2D eigenvalue weighted by Gasteiger charge is 2.43. The van der Waals surface area contributed by atoms with Gasteiger partial charge in [0, 0.05) is 0 Å². The second kappa shape index (κ2) is 13.7. The molecule has 3 unspecified atom stereocenters. The monoisotopic (exact) mass is 490 g/mol. The quantitative estimate of drug-likeness (QED) is 0.297. The van der Waals surface area contributed by atoms with Gasteiger partial charge in [0.2, 0.25) is 0 Å². The van der Waals surface area contributed by atoms with E-state index in [0.717, 1.165) is 53.3 Å². The van der Waals surface area contributed by atoms with Crippen molar-refractivity contribution in [2.45, 2.75) is 136 Å². The van der Waals surface area contributed by atoms with Gasteiger partial charge in [0.1, 0.15) is 0 Å². The van der Waals surface area contributed by atoms with E-state index < -0.39 is 0 Å². The first-order valence-corrected chi connectivity index (χ1v) is 16.4. The average Bonchev–Trinajstić information content (AvgIpc) is 3.70. The van der Waals surface area contributed by atoms with Gasteiger partial charge in [0.15, 0.2) is 0 Å². The van der Waals surface area contributed by atoms with Crippen molar-refractivity contribution in [1.29, 1.82) is 0 Å². The van der Waals surface area contributed by atoms with Crippen LogP contribution in [0.25, 0.3) is 0 Å². The zero-order chi connectivity index (χ0) is 25.5. The summed E-state index contributed by atoms with van der Waals surface area (Å²) in [6, 6.07) is 0. The molecule has 0 aromatic rings. The molecule has 0 nitrogen and oxygen atoms in total. The average molecular weight is 491 g/mol. The molecule has 4 saturated carbocycles. The smallest absolute Gasteiger partial charge is 0.0162 e. The van der Waals surface area contributed by atoms with Crippen LogP contribution >= 0.6 is 0 Å². The van der Waals surface area contributed by atoms with Crippen molar-refractivity contribution >= 4 is 0 Å². The van der Waals surface area contributed by atoms with E-state index in [0.29, 0.717) is 0 Å². The molecule has 0 aromatic heterocycles. The summed E-state index contributed by atoms with van der Waals surface area (Å²) in [5.41, 5.74) is 3.44. The molecule has 36 heavy (non-hydrogen) atoms. The van der Waals surface area contributed by atoms with Gasteiger partial charge >= 0.3 is 0 Å². The lowest BCUT2D eigenvalue weighted by Crippen LogP contribution is -2.28. The van der Waals surface area contributed by atoms with Gasteiger partial charge in [-0.05, 0) is 143 Å². The third-order valence-electron chi connectivity index (χ3n) is 11.7. The van der Waals surface area contributed by atoms with Gasteiger partial charge in [0.05, 0.1) is 0 Å². The van der Waals surface area contributed by atoms with Gasteiger partial charge in [-0.15, -0.1) is 12.8 Å². The Hall–Kier alpha value is -0.960. The maximum Gasteiger partial charge on any atom is -0.0162 e. The molecule has 0 heterocycles. The van der Waals surface area contributed by atoms with Gasteiger partial charge in [0.25, 0.3) is 0 Å². The number of terminal acetylenes is 1. The van der Waals surface area contributed by atoms with E-state index in [2.05, 4.69) is 45.8 Å². The van der Waals surface area contributed by atoms with Crippen LogP contribution in [0.3, 0.4) is 0 Å². The molecule has 5 aliphatic rings. The van der Waals surface area contributed by atoms with Gasteiger partial charge < -0.3 is 0 Å². The molecular formula is C36H58. The summed E-state index contributed by atoms with van der Waals surface area (Å²) in [6.07, 6.45) is 40.5. The number of rotatable bonds is 8. The Labute approximate surface area is 225 Å². The SMILES string of the molecule is C#C.CCCC1CCC(C2C=C(C)C(C3CCC(C4CCC(C5CC5CCC)CC4)CC3)=CC2)CC1. The van der Waals surface area contributed by atoms with Crippen molar-refractivity contribution < 1.29 is 0 Å². The van der Waals surface area contributed by atoms with E-state index in [1.54, 1.807) is 43.3 Å². The minimum Gasteiger partial charge on any atom is -0.124 e. The van der Waals surface area contributed by atoms with Crippen LogP contribution in [0.5, 0.6) is 0 Å². The van der Waals surface area contributed by atoms with Crippen LogP contribution in [-0.4, -0.2) is 0 Å². The Bertz CT molecular complexity index is 727. The van der Waals surface area contributed by atoms with Gasteiger partial charge in [-0.1, -0.05) is 70.1 Å². The third kappa shape index (κ3) is 6.91. The largest absolute Gasteiger partial charge is 0.124 e. The molecule has 3 atom stereocenters. The Morgan fingerprint density at radius 3 is 1.83 bits per heavy atom. The third-order valence-corrected chi connectivity index (χ3v) is 11.7. The Morgan fingerprint density at radius 2 is 1.25 bits per heavy atom. The second-order valence-corrected chi connectivity index (χ2v) is 13.7. The molecule has 0 saturated heterocycles. The van der Waals surface area contributed by atoms with Crippen molar-refractivity contribution in [2.75, 3.05) is 0 Å². The fraction of sp³-hybridized carbons (Fsp3) is 0.833. The molecule has 0 amide bonds. The van der Waals surface area contributed by atoms with Gasteiger partial charge in [-0.3, -0.25) is 0 Å². The van der Waals surface area contributed by atoms with E-state index in [9.17, 15) is 0 Å². The lowest BCUT2D eigenvalue weighted by molar-refractivity contribution is 0.144. The van der Waals surface area contributed by atoms with Crippen LogP contribution in [0.2, 0.25) is 0 Å². The van der Waals surface area contributed by atoms with E-state index in [-0.39, 0.29) is 0 Å². The predicted molar refractivity (Wildman–Crippen MR) is 158 cm³/mol. The van der Waals surface area contributed by atoms with E-state index in [1.165, 1.54) is 83.5 Å². The highest BCUT2D eigenvalue weighted by molar-refractivity contribution is 5.35. The molecule has 0 spiro atoms. The second-order valence-electron chi connectivity index (χ2n) is 13.7. The van der Waals surface area contributed by atoms with Crippen LogP contribution in [0.4, 0.5) is 0 Å². The molecule has 5 aliphatic carbocycles. The van der Waals surface area contributed by atoms with Crippen molar-refractivity contribution in [1.82, 2.24) is 0 Å². The lowest BCUT2D eigenvalue weighted by atomic mass is 9.66. The van der Waals surface area contributed by atoms with Crippen LogP contribution in [0.15, 0.2) is 23.3 Å². The van der Waals surface area contributed by atoms with Crippen LogP contribution in [0.1, 0.15) is 136 Å². The first kappa shape index (κ1) is 28.1. The summed E-state index contributed by atoms with van der Waals surface area (Å²) in [4.78, 5) is 0. The molecular weight excluding hydrogens is 432 g/mol. The predicted octanol–water partition coefficient (Wildman–Crippen LogP) is 10.8. The molecule has 4 fully saturated rings. The fourth-order valence-electron chi connectivity index (χ4n) is 9.54. The van der Waals surface area contributed by atoms with Crippen LogP contribution in [0, 0.1) is 66.1 Å². The van der Waals surface area contributed by atoms with E-state index >= 15 is 0 Å². The zero-order valence-electron chi connectivity index (χ0n) is 24.2. The Morgan fingerprint density at radius 1 is 0.694 bits per heavy atom. The fourth-order valence-corrected chi connectivity index (χ4v) is 9.54. The standard InChI is InChI=1S/C34H56.C2H2/c1-4-6-25-8-10-28(11-9-25)31-20-21-33(24(3)22-31)29-16-12-26(13-17-29)27-14-18-30(19-15-27)34-23-32(34)7-5-2;1-2/h21-22,25-32,34H,4-20,23H2,1-3H3;1-2H. The molecule has 0 bridgehead atoms. The zero-order valence-corrected chi connectivity index (χ0v) is 24.2. The summed E-state index contributed by atoms with van der Waals surface area (Å²) in [5.74, 6) is 9.24. The first-order chi connectivity index (χ1) is 17.7. The first-order valence-electron chi connectivity index (χ1n) is 16.4. The Balaban J connectivity index is 0.00000148. The Kier molecular flexibility index (Phi) is 10.7. The van der Waals surface area contributed by atoms with Gasteiger partial charge in [-0.2, -0.15) is 0 Å². The maximum absolute atomic E-state index is 4.00. The summed E-state index contributed by atoms with van der Waals surface area (Å²) >= 11 is 0. The van der Waals surface area contributed by atoms with Crippen molar-refractivity contribution in [3.8, 4) is 12.8 Å². The summed E-state index contributed by atoms with van der Waals surface area (Å²) < 4.78 is 0. The van der Waals surface area contributed by atoms with E-state index in [4.69, 9.17) is 0 Å². The minimum absolute atomic E-state index is 0.848. The molecule has 0 heteroatoms. The summed E-state index contributed by atoms with van der Waals surface area (Å²) in [7, 11) is 0. The number of hydrogen-bond donors (Lipinski definition) is 0. The highest BCUT2D eigenvalue weighted by Crippen LogP contribution is 2.54. The molecule has 0 aliphatic heterocycles. The number of allylic oxidation sites excluding steroid dienone is 4. The molecule has 0 aromatic carbocycles. The van der Waals surface area contributed by atoms with Crippen molar-refractivity contribution in [3.05, 3.63) is 23.3 Å². The van der Waals surface area contributed by atoms with Crippen LogP contribution < -0.4 is 0 Å². The normalized spacial score (nSPS) is 40.9. The highest BCUT2D eigenvalue weighted by atomic mass is 14.5. The summed E-state index contributed by atoms with van der Waals surface area (Å²) in [6.45, 7) is 7.19. The minimum atomic E-state index is 0.848. The topological polar surface area (TPSA) is 0 Å². The van der Waals surface area contributed by atoms with Crippen LogP contribution in [-0.2, 0) is 0 Å². The van der Waals surface area contributed by atoms with Crippen molar-refractivity contribution in [2.24, 2.45) is 53.3 Å². The van der Waals surface area contributed by atoms with E-state index in [1.807, 2.05) is 0 Å².